The second-order valence-electron chi connectivity index (χ2n) is 6.98. The van der Waals surface area contributed by atoms with Crippen LogP contribution in [-0.2, 0) is 10.3 Å². The van der Waals surface area contributed by atoms with Crippen molar-refractivity contribution in [2.24, 2.45) is 0 Å². The van der Waals surface area contributed by atoms with Gasteiger partial charge in [-0.15, -0.1) is 11.3 Å². The number of thiophene rings is 1. The number of benzene rings is 1. The number of rotatable bonds is 2. The lowest BCUT2D eigenvalue weighted by atomic mass is 9.85. The normalized spacial score (nSPS) is 24.6. The van der Waals surface area contributed by atoms with Gasteiger partial charge in [0.15, 0.2) is 0 Å². The Balaban J connectivity index is 1.82. The summed E-state index contributed by atoms with van der Waals surface area (Å²) in [5.41, 5.74) is 3.15. The fraction of sp³-hybridized carbons (Fsp3) is 0.286. The highest BCUT2D eigenvalue weighted by Gasteiger charge is 2.38. The quantitative estimate of drug-likeness (QED) is 0.848. The number of nitrogens with zero attached hydrogens (tertiary/aromatic N) is 1. The van der Waals surface area contributed by atoms with Crippen molar-refractivity contribution in [1.29, 1.82) is 0 Å². The Bertz CT molecular complexity index is 969. The van der Waals surface area contributed by atoms with E-state index in [0.29, 0.717) is 6.42 Å². The molecule has 4 nitrogen and oxygen atoms in total. The molecule has 2 aromatic rings. The Morgan fingerprint density at radius 3 is 2.92 bits per heavy atom. The summed E-state index contributed by atoms with van der Waals surface area (Å²) in [6.07, 6.45) is 8.72. The Morgan fingerprint density at radius 2 is 2.19 bits per heavy atom. The summed E-state index contributed by atoms with van der Waals surface area (Å²) in [7, 11) is 1.82. The third-order valence-electron chi connectivity index (χ3n) is 5.21. The van der Waals surface area contributed by atoms with Crippen LogP contribution in [0.2, 0.25) is 0 Å². The lowest BCUT2D eigenvalue weighted by molar-refractivity contribution is -0.132. The molecule has 0 aliphatic carbocycles. The molecule has 1 aromatic heterocycles. The standard InChI is InChI=1S/C21H23N3OS/c1-4-18-23-21(2,12-19(25)24(18)3)16-13-26-20-14(16)8-7-9-15(20)17-10-5-6-11-22-17/h4-10,13,22-23H,11-12H2,1-3H3/t21-/m0/s1. The van der Waals surface area contributed by atoms with Crippen molar-refractivity contribution >= 4 is 33.0 Å². The van der Waals surface area contributed by atoms with E-state index in [1.54, 1.807) is 16.2 Å². The summed E-state index contributed by atoms with van der Waals surface area (Å²) in [6.45, 7) is 4.93. The van der Waals surface area contributed by atoms with E-state index in [0.717, 1.165) is 18.1 Å². The summed E-state index contributed by atoms with van der Waals surface area (Å²) in [4.78, 5) is 14.2. The summed E-state index contributed by atoms with van der Waals surface area (Å²) < 4.78 is 1.26. The van der Waals surface area contributed by atoms with Crippen molar-refractivity contribution in [2.75, 3.05) is 13.6 Å². The number of nitrogens with one attached hydrogen (secondary N) is 2. The lowest BCUT2D eigenvalue weighted by Crippen LogP contribution is -2.52. The van der Waals surface area contributed by atoms with E-state index >= 15 is 0 Å². The highest BCUT2D eigenvalue weighted by molar-refractivity contribution is 7.17. The zero-order valence-electron chi connectivity index (χ0n) is 15.3. The first-order chi connectivity index (χ1) is 12.5. The third kappa shape index (κ3) is 2.63. The zero-order valence-corrected chi connectivity index (χ0v) is 16.1. The van der Waals surface area contributed by atoms with Crippen molar-refractivity contribution < 1.29 is 4.79 Å². The maximum absolute atomic E-state index is 12.5. The molecule has 0 bridgehead atoms. The highest BCUT2D eigenvalue weighted by Crippen LogP contribution is 2.40. The van der Waals surface area contributed by atoms with Crippen molar-refractivity contribution in [1.82, 2.24) is 15.5 Å². The molecular weight excluding hydrogens is 342 g/mol. The second-order valence-corrected chi connectivity index (χ2v) is 7.86. The van der Waals surface area contributed by atoms with E-state index in [-0.39, 0.29) is 5.91 Å². The van der Waals surface area contributed by atoms with E-state index in [2.05, 4.69) is 59.4 Å². The van der Waals surface area contributed by atoms with Crippen LogP contribution in [0.4, 0.5) is 0 Å². The molecule has 1 atom stereocenters. The third-order valence-corrected chi connectivity index (χ3v) is 6.24. The Labute approximate surface area is 157 Å². The number of dihydropyridines is 1. The maximum Gasteiger partial charge on any atom is 0.230 e. The molecule has 0 radical (unpaired) electrons. The molecule has 3 heterocycles. The molecule has 0 unspecified atom stereocenters. The van der Waals surface area contributed by atoms with Crippen LogP contribution >= 0.6 is 11.3 Å². The van der Waals surface area contributed by atoms with Gasteiger partial charge >= 0.3 is 0 Å². The Kier molecular flexibility index (Phi) is 4.11. The van der Waals surface area contributed by atoms with E-state index in [9.17, 15) is 4.79 Å². The summed E-state index contributed by atoms with van der Waals surface area (Å²) >= 11 is 1.75. The summed E-state index contributed by atoms with van der Waals surface area (Å²) in [6, 6.07) is 6.42. The molecule has 5 heteroatoms. The highest BCUT2D eigenvalue weighted by atomic mass is 32.1. The number of hydrogen-bond donors (Lipinski definition) is 2. The van der Waals surface area contributed by atoms with Crippen molar-refractivity contribution in [2.45, 2.75) is 25.8 Å². The van der Waals surface area contributed by atoms with E-state index in [1.165, 1.54) is 21.2 Å². The lowest BCUT2D eigenvalue weighted by Gasteiger charge is -2.41. The van der Waals surface area contributed by atoms with Crippen LogP contribution in [-0.4, -0.2) is 24.4 Å². The van der Waals surface area contributed by atoms with Crippen LogP contribution in [0, 0.1) is 0 Å². The largest absolute Gasteiger partial charge is 0.381 e. The van der Waals surface area contributed by atoms with Gasteiger partial charge in [-0.2, -0.15) is 0 Å². The van der Waals surface area contributed by atoms with E-state index < -0.39 is 5.54 Å². The van der Waals surface area contributed by atoms with Crippen molar-refractivity contribution in [3.63, 3.8) is 0 Å². The Morgan fingerprint density at radius 1 is 1.35 bits per heavy atom. The molecule has 1 amide bonds. The van der Waals surface area contributed by atoms with Crippen molar-refractivity contribution in [3.05, 3.63) is 64.8 Å². The smallest absolute Gasteiger partial charge is 0.230 e. The number of carbonyl (C=O) groups excluding carboxylic acids is 1. The number of carbonyl (C=O) groups is 1. The first-order valence-corrected chi connectivity index (χ1v) is 9.74. The predicted molar refractivity (Wildman–Crippen MR) is 109 cm³/mol. The topological polar surface area (TPSA) is 44.4 Å². The molecule has 4 rings (SSSR count). The van der Waals surface area contributed by atoms with Gasteiger partial charge in [0, 0.05) is 29.6 Å². The molecule has 26 heavy (non-hydrogen) atoms. The molecule has 0 saturated carbocycles. The molecule has 0 spiro atoms. The van der Waals surface area contributed by atoms with Gasteiger partial charge in [-0.05, 0) is 42.3 Å². The molecule has 2 aliphatic heterocycles. The van der Waals surface area contributed by atoms with Gasteiger partial charge in [-0.3, -0.25) is 4.79 Å². The molecule has 134 valence electrons. The van der Waals surface area contributed by atoms with Crippen LogP contribution in [0.5, 0.6) is 0 Å². The molecule has 2 N–H and O–H groups in total. The van der Waals surface area contributed by atoms with E-state index in [4.69, 9.17) is 0 Å². The van der Waals surface area contributed by atoms with Gasteiger partial charge in [-0.1, -0.05) is 30.4 Å². The second kappa shape index (κ2) is 6.32. The van der Waals surface area contributed by atoms with Crippen LogP contribution in [0.15, 0.2) is 53.7 Å². The fourth-order valence-corrected chi connectivity index (χ4v) is 4.97. The van der Waals surface area contributed by atoms with Crippen LogP contribution in [0.1, 0.15) is 31.4 Å². The average molecular weight is 366 g/mol. The minimum Gasteiger partial charge on any atom is -0.381 e. The van der Waals surface area contributed by atoms with Crippen LogP contribution in [0.3, 0.4) is 0 Å². The number of amides is 1. The molecular formula is C21H23N3OS. The number of fused-ring (bicyclic) bond motifs is 1. The minimum absolute atomic E-state index is 0.136. The van der Waals surface area contributed by atoms with Gasteiger partial charge in [0.05, 0.1) is 12.0 Å². The van der Waals surface area contributed by atoms with Crippen LogP contribution in [0.25, 0.3) is 15.8 Å². The van der Waals surface area contributed by atoms with Gasteiger partial charge < -0.3 is 15.5 Å². The van der Waals surface area contributed by atoms with Crippen LogP contribution < -0.4 is 10.6 Å². The zero-order chi connectivity index (χ0) is 18.3. The van der Waals surface area contributed by atoms with Gasteiger partial charge in [0.2, 0.25) is 5.91 Å². The minimum atomic E-state index is -0.406. The number of allylic oxidation sites excluding steroid dienone is 3. The molecule has 1 fully saturated rings. The number of hydrogen-bond acceptors (Lipinski definition) is 4. The van der Waals surface area contributed by atoms with Crippen molar-refractivity contribution in [3.8, 4) is 0 Å². The average Bonchev–Trinajstić information content (AvgIpc) is 3.10. The van der Waals surface area contributed by atoms with Gasteiger partial charge in [-0.25, -0.2) is 0 Å². The van der Waals surface area contributed by atoms with E-state index in [1.807, 2.05) is 20.0 Å². The fourth-order valence-electron chi connectivity index (χ4n) is 3.74. The SMILES string of the molecule is CC=C1N[C@](C)(c2csc3c(C4=CC=CCN4)cccc23)CC(=O)N1C. The maximum atomic E-state index is 12.5. The van der Waals surface area contributed by atoms with Gasteiger partial charge in [0.25, 0.3) is 0 Å². The van der Waals surface area contributed by atoms with Gasteiger partial charge in [0.1, 0.15) is 5.82 Å². The molecule has 2 aliphatic rings. The monoisotopic (exact) mass is 365 g/mol. The first kappa shape index (κ1) is 16.9. The predicted octanol–water partition coefficient (Wildman–Crippen LogP) is 3.93. The Hall–Kier alpha value is -2.53. The molecule has 1 aromatic carbocycles. The summed E-state index contributed by atoms with van der Waals surface area (Å²) in [5, 5.41) is 10.5. The first-order valence-electron chi connectivity index (χ1n) is 8.86. The summed E-state index contributed by atoms with van der Waals surface area (Å²) in [5.74, 6) is 0.998. The molecule has 1 saturated heterocycles.